The molecule has 19 heavy (non-hydrogen) atoms. The lowest BCUT2D eigenvalue weighted by Gasteiger charge is -2.08. The first kappa shape index (κ1) is 14.6. The van der Waals surface area contributed by atoms with Crippen molar-refractivity contribution in [1.29, 1.82) is 5.26 Å². The van der Waals surface area contributed by atoms with Crippen molar-refractivity contribution in [3.05, 3.63) is 54.1 Å². The molecule has 0 unspecified atom stereocenters. The Hall–Kier alpha value is -2.47. The molecule has 2 aromatic rings. The number of hydrogen-bond donors (Lipinski definition) is 2. The maximum absolute atomic E-state index is 9.74. The van der Waals surface area contributed by atoms with Gasteiger partial charge in [0, 0.05) is 5.56 Å². The lowest BCUT2D eigenvalue weighted by atomic mass is 9.98. The van der Waals surface area contributed by atoms with Crippen LogP contribution in [-0.4, -0.2) is 10.2 Å². The first-order valence-corrected chi connectivity index (χ1v) is 6.01. The van der Waals surface area contributed by atoms with E-state index in [0.29, 0.717) is 11.7 Å². The zero-order valence-electron chi connectivity index (χ0n) is 11.0. The number of aliphatic hydroxyl groups is 1. The smallest absolute Gasteiger partial charge is 0.283 e. The van der Waals surface area contributed by atoms with Gasteiger partial charge in [-0.15, -0.1) is 0 Å². The predicted octanol–water partition coefficient (Wildman–Crippen LogP) is 4.02. The highest BCUT2D eigenvalue weighted by atomic mass is 16.3. The van der Waals surface area contributed by atoms with E-state index in [4.69, 9.17) is 10.4 Å². The first-order chi connectivity index (χ1) is 9.10. The topological polar surface area (TPSA) is 64.2 Å². The minimum absolute atomic E-state index is 0.333. The van der Waals surface area contributed by atoms with E-state index in [2.05, 4.69) is 38.1 Å². The Balaban J connectivity index is 0.000000550. The minimum Gasteiger partial charge on any atom is -0.507 e. The fourth-order valence-corrected chi connectivity index (χ4v) is 1.77. The molecule has 2 N–H and O–H groups in total. The number of phenols is 1. The van der Waals surface area contributed by atoms with Gasteiger partial charge in [-0.1, -0.05) is 56.3 Å². The van der Waals surface area contributed by atoms with Crippen LogP contribution in [0.3, 0.4) is 0 Å². The van der Waals surface area contributed by atoms with Crippen molar-refractivity contribution in [2.24, 2.45) is 0 Å². The monoisotopic (exact) mass is 255 g/mol. The largest absolute Gasteiger partial charge is 0.507 e. The van der Waals surface area contributed by atoms with Gasteiger partial charge in [-0.05, 0) is 23.1 Å². The van der Waals surface area contributed by atoms with Crippen LogP contribution in [0.15, 0.2) is 48.5 Å². The Morgan fingerprint density at radius 1 is 1.00 bits per heavy atom. The zero-order chi connectivity index (χ0) is 14.3. The fraction of sp³-hybridized carbons (Fsp3) is 0.188. The van der Waals surface area contributed by atoms with E-state index < -0.39 is 0 Å². The summed E-state index contributed by atoms with van der Waals surface area (Å²) in [6, 6.07) is 15.8. The van der Waals surface area contributed by atoms with Gasteiger partial charge in [0.1, 0.15) is 5.75 Å². The van der Waals surface area contributed by atoms with Crippen LogP contribution in [0.2, 0.25) is 0 Å². The fourth-order valence-electron chi connectivity index (χ4n) is 1.77. The van der Waals surface area contributed by atoms with Gasteiger partial charge in [-0.2, -0.15) is 5.26 Å². The number of para-hydroxylation sites is 1. The quantitative estimate of drug-likeness (QED) is 0.796. The third-order valence-corrected chi connectivity index (χ3v) is 2.79. The van der Waals surface area contributed by atoms with Crippen LogP contribution in [0.1, 0.15) is 25.3 Å². The molecule has 0 aliphatic carbocycles. The molecule has 0 spiro atoms. The van der Waals surface area contributed by atoms with E-state index in [1.54, 1.807) is 6.07 Å². The van der Waals surface area contributed by atoms with Crippen LogP contribution in [0, 0.1) is 11.5 Å². The van der Waals surface area contributed by atoms with Gasteiger partial charge in [0.2, 0.25) is 0 Å². The Morgan fingerprint density at radius 2 is 1.53 bits per heavy atom. The Bertz CT molecular complexity index is 554. The van der Waals surface area contributed by atoms with Gasteiger partial charge in [0.25, 0.3) is 6.26 Å². The maximum Gasteiger partial charge on any atom is 0.283 e. The molecule has 0 radical (unpaired) electrons. The van der Waals surface area contributed by atoms with Crippen LogP contribution in [0.5, 0.6) is 5.75 Å². The van der Waals surface area contributed by atoms with Crippen LogP contribution in [-0.2, 0) is 0 Å². The first-order valence-electron chi connectivity index (χ1n) is 6.01. The summed E-state index contributed by atoms with van der Waals surface area (Å²) in [4.78, 5) is 0. The summed E-state index contributed by atoms with van der Waals surface area (Å²) in [5, 5.41) is 23.5. The molecule has 0 amide bonds. The van der Waals surface area contributed by atoms with Gasteiger partial charge in [0.05, 0.1) is 0 Å². The number of hydrogen-bond acceptors (Lipinski definition) is 3. The number of nitriles is 1. The van der Waals surface area contributed by atoms with Crippen LogP contribution < -0.4 is 0 Å². The van der Waals surface area contributed by atoms with Crippen molar-refractivity contribution < 1.29 is 10.2 Å². The van der Waals surface area contributed by atoms with E-state index in [1.165, 1.54) is 5.56 Å². The predicted molar refractivity (Wildman–Crippen MR) is 75.2 cm³/mol. The molecule has 3 nitrogen and oxygen atoms in total. The standard InChI is InChI=1S/C15H16O.CHNO/c1-11(2)12-7-9-13(10-8-12)14-5-3-4-6-15(14)16;2-1-3/h3-11,16H,1-2H3;3H. The Morgan fingerprint density at radius 3 is 2.00 bits per heavy atom. The molecule has 0 aromatic heterocycles. The summed E-state index contributed by atoms with van der Waals surface area (Å²) in [5.41, 5.74) is 3.26. The molecule has 0 atom stereocenters. The van der Waals surface area contributed by atoms with Crippen molar-refractivity contribution in [2.75, 3.05) is 0 Å². The zero-order valence-corrected chi connectivity index (χ0v) is 11.0. The summed E-state index contributed by atoms with van der Waals surface area (Å²) in [6.45, 7) is 4.35. The molecule has 0 saturated carbocycles. The molecule has 0 heterocycles. The van der Waals surface area contributed by atoms with Gasteiger partial charge < -0.3 is 10.2 Å². The third kappa shape index (κ3) is 4.04. The van der Waals surface area contributed by atoms with Crippen LogP contribution in [0.4, 0.5) is 0 Å². The lowest BCUT2D eigenvalue weighted by molar-refractivity contribution is 0.477. The van der Waals surface area contributed by atoms with E-state index in [1.807, 2.05) is 18.2 Å². The van der Waals surface area contributed by atoms with Crippen molar-refractivity contribution >= 4 is 0 Å². The lowest BCUT2D eigenvalue weighted by Crippen LogP contribution is -1.86. The molecule has 3 heteroatoms. The van der Waals surface area contributed by atoms with Crippen LogP contribution >= 0.6 is 0 Å². The van der Waals surface area contributed by atoms with Crippen molar-refractivity contribution in [1.82, 2.24) is 0 Å². The normalized spacial score (nSPS) is 9.37. The molecular formula is C16H17NO2. The highest BCUT2D eigenvalue weighted by Crippen LogP contribution is 2.29. The summed E-state index contributed by atoms with van der Waals surface area (Å²) >= 11 is 0. The van der Waals surface area contributed by atoms with E-state index in [9.17, 15) is 5.11 Å². The van der Waals surface area contributed by atoms with Gasteiger partial charge >= 0.3 is 0 Å². The minimum atomic E-state index is 0.333. The Kier molecular flexibility index (Phi) is 5.43. The Labute approximate surface area is 113 Å². The second-order valence-electron chi connectivity index (χ2n) is 4.39. The number of benzene rings is 2. The molecule has 2 rings (SSSR count). The molecule has 2 aromatic carbocycles. The number of aliphatic hydroxyl groups excluding tert-OH is 1. The third-order valence-electron chi connectivity index (χ3n) is 2.79. The SMILES string of the molecule is CC(C)c1ccc(-c2ccccc2O)cc1.N#CO. The van der Waals surface area contributed by atoms with Crippen molar-refractivity contribution in [3.63, 3.8) is 0 Å². The molecule has 98 valence electrons. The summed E-state index contributed by atoms with van der Waals surface area (Å²) in [7, 11) is 0. The van der Waals surface area contributed by atoms with E-state index in [0.717, 1.165) is 17.4 Å². The molecule has 0 aliphatic rings. The molecule has 0 bridgehead atoms. The number of aromatic hydroxyl groups is 1. The molecular weight excluding hydrogens is 238 g/mol. The molecule has 0 saturated heterocycles. The highest BCUT2D eigenvalue weighted by molar-refractivity contribution is 5.70. The maximum atomic E-state index is 9.74. The van der Waals surface area contributed by atoms with Crippen molar-refractivity contribution in [2.45, 2.75) is 19.8 Å². The summed E-state index contributed by atoms with van der Waals surface area (Å²) in [5.74, 6) is 0.873. The van der Waals surface area contributed by atoms with Gasteiger partial charge in [0.15, 0.2) is 0 Å². The average Bonchev–Trinajstić information content (AvgIpc) is 2.40. The second kappa shape index (κ2) is 7.07. The van der Waals surface area contributed by atoms with Gasteiger partial charge in [-0.3, -0.25) is 0 Å². The van der Waals surface area contributed by atoms with E-state index in [-0.39, 0.29) is 0 Å². The average molecular weight is 255 g/mol. The number of nitrogens with zero attached hydrogens (tertiary/aromatic N) is 1. The highest BCUT2D eigenvalue weighted by Gasteiger charge is 2.03. The van der Waals surface area contributed by atoms with E-state index >= 15 is 0 Å². The summed E-state index contributed by atoms with van der Waals surface area (Å²) in [6.07, 6.45) is 0.750. The van der Waals surface area contributed by atoms with Gasteiger partial charge in [-0.25, -0.2) is 0 Å². The molecule has 0 fully saturated rings. The second-order valence-corrected chi connectivity index (χ2v) is 4.39. The molecule has 0 aliphatic heterocycles. The van der Waals surface area contributed by atoms with Crippen LogP contribution in [0.25, 0.3) is 11.1 Å². The van der Waals surface area contributed by atoms with Crippen molar-refractivity contribution in [3.8, 4) is 23.1 Å². The number of phenolic OH excluding ortho intramolecular Hbond substituents is 1. The number of rotatable bonds is 2. The summed E-state index contributed by atoms with van der Waals surface area (Å²) < 4.78 is 0.